The maximum Gasteiger partial charge on any atom is 0.320 e. The average Bonchev–Trinajstić information content (AvgIpc) is 1.82. The highest BCUT2D eigenvalue weighted by molar-refractivity contribution is 5.74. The molecule has 4 N–H and O–H groups in total. The third-order valence-electron chi connectivity index (χ3n) is 0.986. The number of carboxylic acid groups (broad SMARTS) is 2. The minimum absolute atomic E-state index is 0.0231. The molecule has 10 heavy (non-hydrogen) atoms. The second kappa shape index (κ2) is 3.84. The summed E-state index contributed by atoms with van der Waals surface area (Å²) < 4.78 is 0. The zero-order valence-corrected chi connectivity index (χ0v) is 5.28. The number of nitrogens with two attached hydrogens (primary N) is 1. The molecule has 0 saturated carbocycles. The Morgan fingerprint density at radius 2 is 2.20 bits per heavy atom. The molecule has 0 bridgehead atoms. The Labute approximate surface area is 57.5 Å². The highest BCUT2D eigenvalue weighted by atomic mass is 16.6. The van der Waals surface area contributed by atoms with E-state index in [1.165, 1.54) is 0 Å². The van der Waals surface area contributed by atoms with Crippen LogP contribution in [0.25, 0.3) is 0 Å². The van der Waals surface area contributed by atoms with Crippen LogP contribution in [-0.2, 0) is 9.59 Å². The molecule has 0 spiro atoms. The van der Waals surface area contributed by atoms with Crippen molar-refractivity contribution in [3.8, 4) is 0 Å². The zero-order valence-electron chi connectivity index (χ0n) is 5.28. The largest absolute Gasteiger partial charge is 0.481 e. The Kier molecular flexibility index (Phi) is 3.42. The molecule has 0 aromatic rings. The van der Waals surface area contributed by atoms with Crippen LogP contribution in [0, 0.1) is 0 Å². The lowest BCUT2D eigenvalue weighted by atomic mass is 10.2. The summed E-state index contributed by atoms with van der Waals surface area (Å²) >= 11 is 0. The van der Waals surface area contributed by atoms with Gasteiger partial charge in [0.1, 0.15) is 6.04 Å². The molecule has 0 aromatic heterocycles. The molecular weight excluding hydrogens is 140 g/mol. The van der Waals surface area contributed by atoms with Gasteiger partial charge in [0.15, 0.2) is 0 Å². The molecule has 5 heteroatoms. The third kappa shape index (κ3) is 3.85. The quantitative estimate of drug-likeness (QED) is 0.488. The molecule has 0 rings (SSSR count). The van der Waals surface area contributed by atoms with Crippen molar-refractivity contribution in [2.24, 2.45) is 5.73 Å². The van der Waals surface area contributed by atoms with Crippen LogP contribution in [0.4, 0.5) is 0 Å². The predicted molar refractivity (Wildman–Crippen MR) is 32.5 cm³/mol. The lowest BCUT2D eigenvalue weighted by Gasteiger charge is -2.01. The molecule has 0 aliphatic carbocycles. The molecule has 58 valence electrons. The topological polar surface area (TPSA) is 101 Å². The van der Waals surface area contributed by atoms with Crippen molar-refractivity contribution in [3.05, 3.63) is 0 Å². The summed E-state index contributed by atoms with van der Waals surface area (Å²) in [4.78, 5) is 19.9. The normalized spacial score (nSPS) is 12.5. The predicted octanol–water partition coefficient (Wildman–Crippen LogP) is -0.737. The monoisotopic (exact) mass is 149 g/mol. The summed E-state index contributed by atoms with van der Waals surface area (Å²) in [6, 6.07) is -1.06. The molecule has 0 unspecified atom stereocenters. The van der Waals surface area contributed by atoms with E-state index in [0.29, 0.717) is 0 Å². The van der Waals surface area contributed by atoms with Crippen LogP contribution in [-0.4, -0.2) is 28.2 Å². The van der Waals surface area contributed by atoms with Gasteiger partial charge >= 0.3 is 11.9 Å². The van der Waals surface area contributed by atoms with E-state index < -0.39 is 18.0 Å². The van der Waals surface area contributed by atoms with Crippen molar-refractivity contribution in [1.29, 1.82) is 0 Å². The van der Waals surface area contributed by atoms with E-state index in [4.69, 9.17) is 15.9 Å². The van der Waals surface area contributed by atoms with E-state index in [-0.39, 0.29) is 12.8 Å². The molecule has 0 amide bonds. The van der Waals surface area contributed by atoms with Gasteiger partial charge in [-0.2, -0.15) is 0 Å². The number of aliphatic carboxylic acids is 2. The van der Waals surface area contributed by atoms with Crippen LogP contribution in [0.1, 0.15) is 12.8 Å². The molecule has 0 fully saturated rings. The molecule has 0 saturated heterocycles. The highest BCUT2D eigenvalue weighted by Crippen LogP contribution is 1.93. The summed E-state index contributed by atoms with van der Waals surface area (Å²) in [5.41, 5.74) is 5.00. The molecule has 0 aromatic carbocycles. The summed E-state index contributed by atoms with van der Waals surface area (Å²) in [6.45, 7) is 0. The number of carbonyl (C=O) groups is 2. The fourth-order valence-corrected chi connectivity index (χ4v) is 0.402. The second-order valence-electron chi connectivity index (χ2n) is 1.88. The summed E-state index contributed by atoms with van der Waals surface area (Å²) in [6.07, 6.45) is -0.224. The van der Waals surface area contributed by atoms with E-state index in [9.17, 15) is 9.59 Å². The van der Waals surface area contributed by atoms with Crippen molar-refractivity contribution in [1.82, 2.24) is 0 Å². The van der Waals surface area contributed by atoms with Crippen LogP contribution in [0.15, 0.2) is 0 Å². The Bertz CT molecular complexity index is 145. The van der Waals surface area contributed by atoms with Crippen LogP contribution >= 0.6 is 0 Å². The van der Waals surface area contributed by atoms with E-state index in [1.807, 2.05) is 0 Å². The number of hydrogen-bond donors (Lipinski definition) is 3. The molecule has 0 radical (unpaired) electrons. The number of hydrogen-bond acceptors (Lipinski definition) is 3. The van der Waals surface area contributed by atoms with Gasteiger partial charge in [0.2, 0.25) is 0 Å². The Morgan fingerprint density at radius 1 is 1.70 bits per heavy atom. The maximum absolute atomic E-state index is 9.99. The van der Waals surface area contributed by atoms with Gasteiger partial charge in [-0.1, -0.05) is 0 Å². The van der Waals surface area contributed by atoms with Crippen molar-refractivity contribution < 1.29 is 19.8 Å². The fourth-order valence-electron chi connectivity index (χ4n) is 0.402. The summed E-state index contributed by atoms with van der Waals surface area (Å²) in [5, 5.41) is 16.3. The smallest absolute Gasteiger partial charge is 0.320 e. The summed E-state index contributed by atoms with van der Waals surface area (Å²) in [5.74, 6) is -2.20. The second-order valence-corrected chi connectivity index (χ2v) is 1.88. The SMILES string of the molecule is N[C@@H](CC[14C](=O)O)C(=O)O. The van der Waals surface area contributed by atoms with Gasteiger partial charge in [-0.3, -0.25) is 9.59 Å². The van der Waals surface area contributed by atoms with Gasteiger partial charge in [0.05, 0.1) is 0 Å². The summed E-state index contributed by atoms with van der Waals surface area (Å²) in [7, 11) is 0. The first-order chi connectivity index (χ1) is 4.54. The fraction of sp³-hybridized carbons (Fsp3) is 0.600. The maximum atomic E-state index is 9.99. The van der Waals surface area contributed by atoms with Gasteiger partial charge < -0.3 is 15.9 Å². The average molecular weight is 149 g/mol. The van der Waals surface area contributed by atoms with Crippen LogP contribution < -0.4 is 5.73 Å². The van der Waals surface area contributed by atoms with E-state index in [2.05, 4.69) is 0 Å². The van der Waals surface area contributed by atoms with Gasteiger partial charge in [-0.05, 0) is 6.42 Å². The minimum atomic E-state index is -1.17. The van der Waals surface area contributed by atoms with E-state index >= 15 is 0 Å². The minimum Gasteiger partial charge on any atom is -0.481 e. The third-order valence-corrected chi connectivity index (χ3v) is 0.986. The van der Waals surface area contributed by atoms with Gasteiger partial charge in [0.25, 0.3) is 0 Å². The Balaban J connectivity index is 3.49. The first-order valence-electron chi connectivity index (χ1n) is 2.74. The van der Waals surface area contributed by atoms with Gasteiger partial charge in [0, 0.05) is 6.42 Å². The standard InChI is InChI=1S/C5H9NO4/c6-3(5(9)10)1-2-4(7)8/h3H,1-2,6H2,(H,7,8)(H,9,10)/t3-/m0/s1/i4+2. The van der Waals surface area contributed by atoms with Gasteiger partial charge in [-0.15, -0.1) is 0 Å². The van der Waals surface area contributed by atoms with Crippen LogP contribution in [0.5, 0.6) is 0 Å². The van der Waals surface area contributed by atoms with Crippen LogP contribution in [0.3, 0.4) is 0 Å². The van der Waals surface area contributed by atoms with Crippen molar-refractivity contribution >= 4 is 11.9 Å². The lowest BCUT2D eigenvalue weighted by Crippen LogP contribution is -2.30. The van der Waals surface area contributed by atoms with E-state index in [0.717, 1.165) is 0 Å². The van der Waals surface area contributed by atoms with Gasteiger partial charge in [-0.25, -0.2) is 0 Å². The molecule has 5 nitrogen and oxygen atoms in total. The molecule has 0 aliphatic rings. The van der Waals surface area contributed by atoms with E-state index in [1.54, 1.807) is 0 Å². The molecule has 0 heterocycles. The van der Waals surface area contributed by atoms with Crippen molar-refractivity contribution in [3.63, 3.8) is 0 Å². The molecule has 0 aliphatic heterocycles. The van der Waals surface area contributed by atoms with Crippen molar-refractivity contribution in [2.75, 3.05) is 0 Å². The zero-order chi connectivity index (χ0) is 8.15. The lowest BCUT2D eigenvalue weighted by molar-refractivity contribution is -0.139. The van der Waals surface area contributed by atoms with Crippen molar-refractivity contribution in [2.45, 2.75) is 18.9 Å². The molecule has 1 atom stereocenters. The first-order valence-corrected chi connectivity index (χ1v) is 2.74. The molecular formula is C5H9NO4. The number of rotatable bonds is 4. The van der Waals surface area contributed by atoms with Crippen LogP contribution in [0.2, 0.25) is 0 Å². The Hall–Kier alpha value is -1.10. The highest BCUT2D eigenvalue weighted by Gasteiger charge is 2.12. The number of carboxylic acids is 2. The first kappa shape index (κ1) is 8.90. The Morgan fingerprint density at radius 3 is 2.50 bits per heavy atom.